The summed E-state index contributed by atoms with van der Waals surface area (Å²) in [4.78, 5) is 0. The average Bonchev–Trinajstić information content (AvgIpc) is 2.41. The van der Waals surface area contributed by atoms with Crippen LogP contribution in [0.1, 0.15) is 71.1 Å². The third kappa shape index (κ3) is 17.0. The maximum atomic E-state index is 10.7. The molecule has 0 aromatic rings. The SMILES string of the molecule is CCCCCCCCCCCC(OC[CH2][Na])OS(=O)(=O)O. The molecule has 122 valence electrons. The fraction of sp³-hybridized carbons (Fsp3) is 1.00. The Morgan fingerprint density at radius 3 is 2.00 bits per heavy atom. The molecule has 0 spiro atoms. The molecule has 0 saturated carbocycles. The average molecular weight is 332 g/mol. The molecule has 1 N–H and O–H groups in total. The van der Waals surface area contributed by atoms with Crippen LogP contribution in [0.15, 0.2) is 0 Å². The minimum absolute atomic E-state index is 0.490. The van der Waals surface area contributed by atoms with Crippen molar-refractivity contribution < 1.29 is 21.9 Å². The number of hydrogen-bond acceptors (Lipinski definition) is 4. The van der Waals surface area contributed by atoms with Crippen molar-refractivity contribution >= 4 is 38.3 Å². The quantitative estimate of drug-likeness (QED) is 0.214. The summed E-state index contributed by atoms with van der Waals surface area (Å²) in [5.74, 6) is 0. The second-order valence-corrected chi connectivity index (χ2v) is 7.49. The van der Waals surface area contributed by atoms with E-state index in [1.54, 1.807) is 0 Å². The second-order valence-electron chi connectivity index (χ2n) is 5.44. The van der Waals surface area contributed by atoms with Gasteiger partial charge in [0, 0.05) is 0 Å². The maximum absolute atomic E-state index is 10.7. The van der Waals surface area contributed by atoms with Gasteiger partial charge in [0.15, 0.2) is 0 Å². The van der Waals surface area contributed by atoms with Crippen LogP contribution in [0.2, 0.25) is 3.67 Å². The van der Waals surface area contributed by atoms with Crippen molar-refractivity contribution in [3.63, 3.8) is 0 Å². The zero-order valence-electron chi connectivity index (χ0n) is 13.6. The second kappa shape index (κ2) is 14.4. The van der Waals surface area contributed by atoms with Gasteiger partial charge in [-0.1, -0.05) is 19.8 Å². The van der Waals surface area contributed by atoms with Gasteiger partial charge in [-0.05, 0) is 0 Å². The predicted molar refractivity (Wildman–Crippen MR) is 84.8 cm³/mol. The first-order valence-corrected chi connectivity index (χ1v) is 11.0. The van der Waals surface area contributed by atoms with Gasteiger partial charge in [0.25, 0.3) is 0 Å². The summed E-state index contributed by atoms with van der Waals surface area (Å²) in [6.07, 6.45) is 10.5. The van der Waals surface area contributed by atoms with Crippen molar-refractivity contribution in [2.45, 2.75) is 81.1 Å². The van der Waals surface area contributed by atoms with E-state index in [0.29, 0.717) is 13.0 Å². The Kier molecular flexibility index (Phi) is 15.0. The fourth-order valence-electron chi connectivity index (χ4n) is 2.17. The van der Waals surface area contributed by atoms with E-state index in [9.17, 15) is 8.42 Å². The Hall–Kier alpha value is 0.830. The molecule has 0 aliphatic rings. The predicted octanol–water partition coefficient (Wildman–Crippen LogP) is 3.66. The van der Waals surface area contributed by atoms with Gasteiger partial charge in [0.1, 0.15) is 0 Å². The van der Waals surface area contributed by atoms with E-state index in [1.807, 2.05) is 0 Å². The van der Waals surface area contributed by atoms with Crippen LogP contribution in [-0.4, -0.2) is 53.8 Å². The van der Waals surface area contributed by atoms with Crippen LogP contribution < -0.4 is 0 Å². The number of unbranched alkanes of at least 4 members (excludes halogenated alkanes) is 8. The number of hydrogen-bond donors (Lipinski definition) is 1. The zero-order valence-corrected chi connectivity index (χ0v) is 16.4. The Labute approximate surface area is 147 Å². The first-order valence-electron chi connectivity index (χ1n) is 8.27. The summed E-state index contributed by atoms with van der Waals surface area (Å²) < 4.78 is 40.9. The van der Waals surface area contributed by atoms with E-state index in [1.165, 1.54) is 38.5 Å². The van der Waals surface area contributed by atoms with Gasteiger partial charge in [-0.25, -0.2) is 0 Å². The Morgan fingerprint density at radius 2 is 1.52 bits per heavy atom. The summed E-state index contributed by atoms with van der Waals surface area (Å²) >= 11 is 1.00. The monoisotopic (exact) mass is 332 g/mol. The van der Waals surface area contributed by atoms with Gasteiger partial charge in [0.2, 0.25) is 0 Å². The van der Waals surface area contributed by atoms with Gasteiger partial charge in [-0.15, -0.1) is 0 Å². The van der Waals surface area contributed by atoms with Crippen molar-refractivity contribution in [2.24, 2.45) is 0 Å². The third-order valence-electron chi connectivity index (χ3n) is 3.28. The Balaban J connectivity index is 3.63. The number of rotatable bonds is 15. The van der Waals surface area contributed by atoms with E-state index in [2.05, 4.69) is 11.1 Å². The molecule has 0 radical (unpaired) electrons. The van der Waals surface area contributed by atoms with E-state index in [0.717, 1.165) is 50.9 Å². The van der Waals surface area contributed by atoms with E-state index < -0.39 is 16.7 Å². The third-order valence-corrected chi connectivity index (χ3v) is 4.15. The molecular formula is C14H29NaO5S. The molecule has 21 heavy (non-hydrogen) atoms. The molecule has 1 unspecified atom stereocenters. The standard InChI is InChI=1S/C14H29O5S.Na/c1-3-5-6-7-8-9-10-11-12-13-14(18-4-2)19-20(15,16)17;/h14H,2-13H2,1H3,(H,15,16,17);. The molecule has 0 saturated heterocycles. The first-order chi connectivity index (χ1) is 9.99. The summed E-state index contributed by atoms with van der Waals surface area (Å²) in [6, 6.07) is 0. The van der Waals surface area contributed by atoms with Crippen molar-refractivity contribution in [3.05, 3.63) is 0 Å². The molecule has 0 fully saturated rings. The summed E-state index contributed by atoms with van der Waals surface area (Å²) in [5, 5.41) is 0. The number of ether oxygens (including phenoxy) is 1. The first kappa shape index (κ1) is 21.8. The molecular weight excluding hydrogens is 303 g/mol. The normalized spacial score (nSPS) is 13.5. The molecule has 0 heterocycles. The Morgan fingerprint density at radius 1 is 1.00 bits per heavy atom. The van der Waals surface area contributed by atoms with E-state index in [-0.39, 0.29) is 0 Å². The summed E-state index contributed by atoms with van der Waals surface area (Å²) in [5.41, 5.74) is 0. The van der Waals surface area contributed by atoms with Gasteiger partial charge in [-0.3, -0.25) is 0 Å². The molecule has 0 amide bonds. The van der Waals surface area contributed by atoms with Crippen molar-refractivity contribution in [1.82, 2.24) is 0 Å². The topological polar surface area (TPSA) is 72.8 Å². The Bertz CT molecular complexity index is 321. The van der Waals surface area contributed by atoms with E-state index in [4.69, 9.17) is 9.29 Å². The van der Waals surface area contributed by atoms with Crippen LogP contribution in [0, 0.1) is 0 Å². The van der Waals surface area contributed by atoms with Crippen LogP contribution >= 0.6 is 0 Å². The fourth-order valence-corrected chi connectivity index (χ4v) is 2.82. The summed E-state index contributed by atoms with van der Waals surface area (Å²) in [7, 11) is -4.43. The molecule has 0 aromatic carbocycles. The zero-order chi connectivity index (χ0) is 16.0. The molecule has 5 nitrogen and oxygen atoms in total. The molecule has 0 aliphatic carbocycles. The van der Waals surface area contributed by atoms with Crippen LogP contribution in [0.3, 0.4) is 0 Å². The van der Waals surface area contributed by atoms with Crippen molar-refractivity contribution in [3.8, 4) is 0 Å². The van der Waals surface area contributed by atoms with Crippen LogP contribution in [0.25, 0.3) is 0 Å². The molecule has 0 aliphatic heterocycles. The van der Waals surface area contributed by atoms with Crippen LogP contribution in [0.5, 0.6) is 0 Å². The van der Waals surface area contributed by atoms with Crippen molar-refractivity contribution in [1.29, 1.82) is 0 Å². The molecule has 0 aromatic heterocycles. The van der Waals surface area contributed by atoms with Gasteiger partial charge in [0.05, 0.1) is 0 Å². The van der Waals surface area contributed by atoms with Crippen LogP contribution in [0.4, 0.5) is 0 Å². The molecule has 7 heteroatoms. The molecule has 1 atom stereocenters. The van der Waals surface area contributed by atoms with E-state index >= 15 is 0 Å². The summed E-state index contributed by atoms with van der Waals surface area (Å²) in [6.45, 7) is 2.71. The minimum atomic E-state index is -4.43. The van der Waals surface area contributed by atoms with Gasteiger partial charge >= 0.3 is 128 Å². The molecule has 0 bridgehead atoms. The van der Waals surface area contributed by atoms with Crippen LogP contribution in [-0.2, 0) is 19.3 Å². The molecule has 0 rings (SSSR count). The van der Waals surface area contributed by atoms with Crippen molar-refractivity contribution in [2.75, 3.05) is 6.61 Å². The van der Waals surface area contributed by atoms with Gasteiger partial charge in [-0.2, -0.15) is 0 Å². The van der Waals surface area contributed by atoms with Gasteiger partial charge < -0.3 is 0 Å².